The molecule has 0 aliphatic carbocycles. The van der Waals surface area contributed by atoms with Crippen LogP contribution >= 0.6 is 0 Å². The van der Waals surface area contributed by atoms with Gasteiger partial charge in [-0.3, -0.25) is 9.69 Å². The van der Waals surface area contributed by atoms with E-state index in [1.165, 1.54) is 0 Å². The van der Waals surface area contributed by atoms with E-state index in [1.54, 1.807) is 12.4 Å². The molecule has 0 bridgehead atoms. The van der Waals surface area contributed by atoms with Gasteiger partial charge >= 0.3 is 0 Å². The fourth-order valence-corrected chi connectivity index (χ4v) is 4.15. The molecular weight excluding hydrogens is 328 g/mol. The third-order valence-corrected chi connectivity index (χ3v) is 5.58. The standard InChI is InChI=1S/C20H26N4O2/c25-18-5-2-10-24(14-18)17-6-11-23(12-7-17)20(26)16-4-1-3-15(13-16)19-21-8-9-22-19/h1,3-4,8-9,13,17-18,25H,2,5-7,10-12,14H2,(H,21,22)/t18-/m0/s1. The minimum atomic E-state index is -0.187. The Labute approximate surface area is 153 Å². The topological polar surface area (TPSA) is 72.5 Å². The summed E-state index contributed by atoms with van der Waals surface area (Å²) in [5.74, 6) is 0.873. The highest BCUT2D eigenvalue weighted by atomic mass is 16.3. The highest BCUT2D eigenvalue weighted by molar-refractivity contribution is 5.95. The van der Waals surface area contributed by atoms with Gasteiger partial charge in [-0.2, -0.15) is 0 Å². The quantitative estimate of drug-likeness (QED) is 0.886. The van der Waals surface area contributed by atoms with Crippen LogP contribution in [-0.2, 0) is 0 Å². The lowest BCUT2D eigenvalue weighted by molar-refractivity contribution is 0.0241. The van der Waals surface area contributed by atoms with E-state index < -0.39 is 0 Å². The summed E-state index contributed by atoms with van der Waals surface area (Å²) in [6.07, 6.45) is 7.26. The monoisotopic (exact) mass is 354 g/mol. The first-order chi connectivity index (χ1) is 12.7. The third kappa shape index (κ3) is 3.66. The summed E-state index contributed by atoms with van der Waals surface area (Å²) in [6, 6.07) is 8.15. The maximum Gasteiger partial charge on any atom is 0.253 e. The Bertz CT molecular complexity index is 738. The Morgan fingerprint density at radius 3 is 2.77 bits per heavy atom. The first-order valence-electron chi connectivity index (χ1n) is 9.52. The molecule has 26 heavy (non-hydrogen) atoms. The van der Waals surface area contributed by atoms with Crippen LogP contribution in [0.15, 0.2) is 36.7 Å². The number of H-pyrrole nitrogens is 1. The predicted octanol–water partition coefficient (Wildman–Crippen LogP) is 2.14. The van der Waals surface area contributed by atoms with Crippen molar-refractivity contribution in [3.05, 3.63) is 42.2 Å². The lowest BCUT2D eigenvalue weighted by atomic mass is 9.98. The second-order valence-corrected chi connectivity index (χ2v) is 7.33. The number of aromatic nitrogens is 2. The van der Waals surface area contributed by atoms with Crippen molar-refractivity contribution >= 4 is 5.91 Å². The summed E-state index contributed by atoms with van der Waals surface area (Å²) in [5.41, 5.74) is 1.64. The number of rotatable bonds is 3. The maximum atomic E-state index is 12.9. The minimum absolute atomic E-state index is 0.0931. The molecule has 1 aromatic heterocycles. The molecule has 2 saturated heterocycles. The number of imidazole rings is 1. The molecule has 3 heterocycles. The maximum absolute atomic E-state index is 12.9. The number of aromatic amines is 1. The van der Waals surface area contributed by atoms with Crippen molar-refractivity contribution in [1.82, 2.24) is 19.8 Å². The van der Waals surface area contributed by atoms with E-state index in [1.807, 2.05) is 29.2 Å². The summed E-state index contributed by atoms with van der Waals surface area (Å²) in [6.45, 7) is 3.41. The van der Waals surface area contributed by atoms with Gasteiger partial charge in [-0.25, -0.2) is 4.98 Å². The number of aliphatic hydroxyl groups is 1. The Morgan fingerprint density at radius 2 is 2.04 bits per heavy atom. The number of carbonyl (C=O) groups excluding carboxylic acids is 1. The van der Waals surface area contributed by atoms with Crippen molar-refractivity contribution < 1.29 is 9.90 Å². The van der Waals surface area contributed by atoms with Gasteiger partial charge in [0.2, 0.25) is 0 Å². The van der Waals surface area contributed by atoms with Crippen molar-refractivity contribution in [3.63, 3.8) is 0 Å². The molecule has 1 aromatic carbocycles. The van der Waals surface area contributed by atoms with Gasteiger partial charge in [0.05, 0.1) is 6.10 Å². The number of hydrogen-bond donors (Lipinski definition) is 2. The van der Waals surface area contributed by atoms with Crippen molar-refractivity contribution in [1.29, 1.82) is 0 Å². The van der Waals surface area contributed by atoms with E-state index in [9.17, 15) is 9.90 Å². The van der Waals surface area contributed by atoms with E-state index in [0.717, 1.165) is 63.3 Å². The van der Waals surface area contributed by atoms with Gasteiger partial charge in [0, 0.05) is 49.2 Å². The fraction of sp³-hybridized carbons (Fsp3) is 0.500. The minimum Gasteiger partial charge on any atom is -0.392 e. The van der Waals surface area contributed by atoms with Crippen molar-refractivity contribution in [3.8, 4) is 11.4 Å². The molecule has 1 amide bonds. The van der Waals surface area contributed by atoms with Crippen LogP contribution in [-0.4, -0.2) is 69.1 Å². The molecule has 6 heteroatoms. The van der Waals surface area contributed by atoms with Gasteiger partial charge in [0.1, 0.15) is 5.82 Å². The van der Waals surface area contributed by atoms with Crippen LogP contribution < -0.4 is 0 Å². The summed E-state index contributed by atoms with van der Waals surface area (Å²) in [7, 11) is 0. The van der Waals surface area contributed by atoms with Crippen LogP contribution in [0, 0.1) is 0 Å². The normalized spacial score (nSPS) is 22.5. The lowest BCUT2D eigenvalue weighted by Crippen LogP contribution is -2.50. The highest BCUT2D eigenvalue weighted by Crippen LogP contribution is 2.23. The summed E-state index contributed by atoms with van der Waals surface area (Å²) >= 11 is 0. The zero-order valence-corrected chi connectivity index (χ0v) is 15.0. The van der Waals surface area contributed by atoms with E-state index in [-0.39, 0.29) is 12.0 Å². The number of nitrogens with zero attached hydrogens (tertiary/aromatic N) is 3. The first-order valence-corrected chi connectivity index (χ1v) is 9.52. The van der Waals surface area contributed by atoms with E-state index in [2.05, 4.69) is 14.9 Å². The Morgan fingerprint density at radius 1 is 1.19 bits per heavy atom. The number of carbonyl (C=O) groups is 1. The SMILES string of the molecule is O=C(c1cccc(-c2ncc[nH]2)c1)N1CCC(N2CCC[C@H](O)C2)CC1. The highest BCUT2D eigenvalue weighted by Gasteiger charge is 2.30. The Balaban J connectivity index is 1.38. The zero-order chi connectivity index (χ0) is 17.9. The van der Waals surface area contributed by atoms with Gasteiger partial charge in [0.25, 0.3) is 5.91 Å². The van der Waals surface area contributed by atoms with Gasteiger partial charge in [0.15, 0.2) is 0 Å². The van der Waals surface area contributed by atoms with E-state index >= 15 is 0 Å². The summed E-state index contributed by atoms with van der Waals surface area (Å²) in [4.78, 5) is 24.6. The van der Waals surface area contributed by atoms with E-state index in [4.69, 9.17) is 0 Å². The Hall–Kier alpha value is -2.18. The Kier molecular flexibility index (Phi) is 5.04. The molecule has 0 saturated carbocycles. The van der Waals surface area contributed by atoms with Crippen molar-refractivity contribution in [2.75, 3.05) is 26.2 Å². The molecular formula is C20H26N4O2. The molecule has 6 nitrogen and oxygen atoms in total. The third-order valence-electron chi connectivity index (χ3n) is 5.58. The van der Waals surface area contributed by atoms with Crippen molar-refractivity contribution in [2.24, 2.45) is 0 Å². The smallest absolute Gasteiger partial charge is 0.253 e. The summed E-state index contributed by atoms with van der Waals surface area (Å²) in [5, 5.41) is 9.89. The number of benzene rings is 1. The summed E-state index contributed by atoms with van der Waals surface area (Å²) < 4.78 is 0. The van der Waals surface area contributed by atoms with Crippen molar-refractivity contribution in [2.45, 2.75) is 37.8 Å². The molecule has 2 aromatic rings. The molecule has 2 N–H and O–H groups in total. The number of piperidine rings is 2. The molecule has 2 aliphatic heterocycles. The molecule has 0 spiro atoms. The van der Waals surface area contributed by atoms with Gasteiger partial charge < -0.3 is 15.0 Å². The second-order valence-electron chi connectivity index (χ2n) is 7.33. The molecule has 1 atom stereocenters. The number of hydrogen-bond acceptors (Lipinski definition) is 4. The number of likely N-dealkylation sites (tertiary alicyclic amines) is 2. The number of aliphatic hydroxyl groups excluding tert-OH is 1. The molecule has 4 rings (SSSR count). The zero-order valence-electron chi connectivity index (χ0n) is 15.0. The van der Waals surface area contributed by atoms with Crippen LogP contribution in [0.4, 0.5) is 0 Å². The second kappa shape index (κ2) is 7.60. The molecule has 2 aliphatic rings. The average Bonchev–Trinajstić information content (AvgIpc) is 3.23. The first kappa shape index (κ1) is 17.2. The molecule has 2 fully saturated rings. The molecule has 0 radical (unpaired) electrons. The number of β-amino-alcohol motifs (C(OH)–C–C–N with tert-alkyl or cyclic N) is 1. The van der Waals surface area contributed by atoms with Crippen LogP contribution in [0.3, 0.4) is 0 Å². The van der Waals surface area contributed by atoms with Gasteiger partial charge in [-0.05, 0) is 44.4 Å². The number of nitrogens with one attached hydrogen (secondary N) is 1. The van der Waals surface area contributed by atoms with E-state index in [0.29, 0.717) is 11.6 Å². The number of amides is 1. The van der Waals surface area contributed by atoms with Crippen LogP contribution in [0.2, 0.25) is 0 Å². The van der Waals surface area contributed by atoms with Gasteiger partial charge in [-0.1, -0.05) is 12.1 Å². The lowest BCUT2D eigenvalue weighted by Gasteiger charge is -2.41. The molecule has 0 unspecified atom stereocenters. The predicted molar refractivity (Wildman–Crippen MR) is 99.8 cm³/mol. The fourth-order valence-electron chi connectivity index (χ4n) is 4.15. The largest absolute Gasteiger partial charge is 0.392 e. The average molecular weight is 354 g/mol. The van der Waals surface area contributed by atoms with Crippen LogP contribution in [0.5, 0.6) is 0 Å². The van der Waals surface area contributed by atoms with Gasteiger partial charge in [-0.15, -0.1) is 0 Å². The molecule has 138 valence electrons. The van der Waals surface area contributed by atoms with Crippen LogP contribution in [0.1, 0.15) is 36.0 Å². The van der Waals surface area contributed by atoms with Crippen LogP contribution in [0.25, 0.3) is 11.4 Å².